The van der Waals surface area contributed by atoms with Gasteiger partial charge >= 0.3 is 0 Å². The van der Waals surface area contributed by atoms with Crippen molar-refractivity contribution in [1.29, 1.82) is 0 Å². The van der Waals surface area contributed by atoms with E-state index >= 15 is 0 Å². The fraction of sp³-hybridized carbons (Fsp3) is 0.536. The Morgan fingerprint density at radius 3 is 2.37 bits per heavy atom. The monoisotopic (exact) mass is 485 g/mol. The maximum Gasteiger partial charge on any atom is 0.224 e. The SMILES string of the molecule is O=C(CCNCCc1cccc(F)c1)N(CCNCCc1ccc(O)c(CO)c1)C1CCCCC1. The van der Waals surface area contributed by atoms with E-state index in [-0.39, 0.29) is 24.1 Å². The summed E-state index contributed by atoms with van der Waals surface area (Å²) in [4.78, 5) is 15.1. The normalized spacial score (nSPS) is 14.2. The van der Waals surface area contributed by atoms with Crippen LogP contribution in [0.25, 0.3) is 0 Å². The minimum Gasteiger partial charge on any atom is -0.508 e. The molecule has 35 heavy (non-hydrogen) atoms. The molecule has 0 aromatic heterocycles. The van der Waals surface area contributed by atoms with Crippen LogP contribution in [0.3, 0.4) is 0 Å². The number of nitrogens with zero attached hydrogens (tertiary/aromatic N) is 1. The number of aromatic hydroxyl groups is 1. The van der Waals surface area contributed by atoms with Crippen LogP contribution in [0.5, 0.6) is 5.75 Å². The summed E-state index contributed by atoms with van der Waals surface area (Å²) in [5.41, 5.74) is 2.56. The number of carbonyl (C=O) groups is 1. The van der Waals surface area contributed by atoms with E-state index in [1.807, 2.05) is 18.2 Å². The van der Waals surface area contributed by atoms with Crippen LogP contribution in [-0.4, -0.2) is 59.8 Å². The molecule has 1 fully saturated rings. The quantitative estimate of drug-likeness (QED) is 0.308. The van der Waals surface area contributed by atoms with Crippen LogP contribution in [0.1, 0.15) is 55.2 Å². The van der Waals surface area contributed by atoms with Gasteiger partial charge in [0.2, 0.25) is 5.91 Å². The van der Waals surface area contributed by atoms with E-state index in [0.717, 1.165) is 56.4 Å². The van der Waals surface area contributed by atoms with E-state index in [1.54, 1.807) is 18.2 Å². The van der Waals surface area contributed by atoms with Crippen LogP contribution in [-0.2, 0) is 24.2 Å². The highest BCUT2D eigenvalue weighted by molar-refractivity contribution is 5.76. The molecule has 0 unspecified atom stereocenters. The fourth-order valence-electron chi connectivity index (χ4n) is 4.77. The lowest BCUT2D eigenvalue weighted by molar-refractivity contribution is -0.134. The first-order valence-electron chi connectivity index (χ1n) is 12.9. The summed E-state index contributed by atoms with van der Waals surface area (Å²) in [6.07, 6.45) is 7.77. The second-order valence-corrected chi connectivity index (χ2v) is 9.38. The maximum atomic E-state index is 13.3. The molecule has 2 aromatic rings. The number of hydrogen-bond donors (Lipinski definition) is 4. The molecule has 0 heterocycles. The predicted molar refractivity (Wildman–Crippen MR) is 137 cm³/mol. The molecule has 1 aliphatic carbocycles. The van der Waals surface area contributed by atoms with Crippen molar-refractivity contribution in [2.24, 2.45) is 0 Å². The van der Waals surface area contributed by atoms with Gasteiger partial charge in [0.05, 0.1) is 6.61 Å². The molecule has 0 radical (unpaired) electrons. The van der Waals surface area contributed by atoms with E-state index in [2.05, 4.69) is 15.5 Å². The molecular formula is C28H40FN3O3. The van der Waals surface area contributed by atoms with Crippen molar-refractivity contribution in [3.05, 3.63) is 65.0 Å². The van der Waals surface area contributed by atoms with Gasteiger partial charge < -0.3 is 25.7 Å². The summed E-state index contributed by atoms with van der Waals surface area (Å²) in [5.74, 6) is 0.102. The van der Waals surface area contributed by atoms with Gasteiger partial charge in [0.15, 0.2) is 0 Å². The minimum atomic E-state index is -0.215. The molecule has 7 heteroatoms. The van der Waals surface area contributed by atoms with Crippen molar-refractivity contribution >= 4 is 5.91 Å². The third-order valence-corrected chi connectivity index (χ3v) is 6.77. The zero-order chi connectivity index (χ0) is 24.9. The summed E-state index contributed by atoms with van der Waals surface area (Å²) in [5, 5.41) is 25.8. The van der Waals surface area contributed by atoms with Gasteiger partial charge in [0.25, 0.3) is 0 Å². The minimum absolute atomic E-state index is 0.120. The molecule has 4 N–H and O–H groups in total. The van der Waals surface area contributed by atoms with E-state index in [9.17, 15) is 19.4 Å². The number of amides is 1. The Kier molecular flexibility index (Phi) is 11.5. The smallest absolute Gasteiger partial charge is 0.224 e. The van der Waals surface area contributed by atoms with Crippen LogP contribution < -0.4 is 10.6 Å². The number of carbonyl (C=O) groups excluding carboxylic acids is 1. The molecule has 2 aromatic carbocycles. The highest BCUT2D eigenvalue weighted by Gasteiger charge is 2.24. The van der Waals surface area contributed by atoms with Crippen LogP contribution in [0, 0.1) is 5.82 Å². The lowest BCUT2D eigenvalue weighted by Crippen LogP contribution is -2.45. The molecule has 192 valence electrons. The summed E-state index contributed by atoms with van der Waals surface area (Å²) in [6, 6.07) is 12.3. The molecule has 0 bridgehead atoms. The summed E-state index contributed by atoms with van der Waals surface area (Å²) >= 11 is 0. The number of aliphatic hydroxyl groups excluding tert-OH is 1. The largest absolute Gasteiger partial charge is 0.508 e. The number of phenols is 1. The van der Waals surface area contributed by atoms with Gasteiger partial charge in [0.1, 0.15) is 11.6 Å². The summed E-state index contributed by atoms with van der Waals surface area (Å²) < 4.78 is 13.3. The molecule has 1 aliphatic rings. The van der Waals surface area contributed by atoms with E-state index in [4.69, 9.17) is 0 Å². The zero-order valence-corrected chi connectivity index (χ0v) is 20.6. The third kappa shape index (κ3) is 9.24. The van der Waals surface area contributed by atoms with Crippen LogP contribution in [0.15, 0.2) is 42.5 Å². The number of aliphatic hydroxyl groups is 1. The zero-order valence-electron chi connectivity index (χ0n) is 20.6. The van der Waals surface area contributed by atoms with Gasteiger partial charge in [-0.1, -0.05) is 37.5 Å². The van der Waals surface area contributed by atoms with E-state index in [0.29, 0.717) is 31.1 Å². The fourth-order valence-corrected chi connectivity index (χ4v) is 4.77. The topological polar surface area (TPSA) is 84.8 Å². The Morgan fingerprint density at radius 2 is 1.66 bits per heavy atom. The Hall–Kier alpha value is -2.48. The van der Waals surface area contributed by atoms with Gasteiger partial charge in [-0.05, 0) is 74.2 Å². The highest BCUT2D eigenvalue weighted by atomic mass is 19.1. The predicted octanol–water partition coefficient (Wildman–Crippen LogP) is 3.54. The van der Waals surface area contributed by atoms with Crippen LogP contribution in [0.4, 0.5) is 4.39 Å². The molecule has 3 rings (SSSR count). The van der Waals surface area contributed by atoms with E-state index < -0.39 is 0 Å². The van der Waals surface area contributed by atoms with Crippen molar-refractivity contribution in [2.75, 3.05) is 32.7 Å². The molecule has 0 atom stereocenters. The Labute approximate surface area is 208 Å². The van der Waals surface area contributed by atoms with Gasteiger partial charge in [-0.25, -0.2) is 4.39 Å². The molecular weight excluding hydrogens is 445 g/mol. The molecule has 0 aliphatic heterocycles. The average molecular weight is 486 g/mol. The number of hydrogen-bond acceptors (Lipinski definition) is 5. The molecule has 1 amide bonds. The van der Waals surface area contributed by atoms with Crippen molar-refractivity contribution in [1.82, 2.24) is 15.5 Å². The lowest BCUT2D eigenvalue weighted by atomic mass is 9.94. The first kappa shape index (κ1) is 27.1. The number of halogens is 1. The number of benzene rings is 2. The molecule has 1 saturated carbocycles. The van der Waals surface area contributed by atoms with Gasteiger partial charge in [0, 0.05) is 37.7 Å². The average Bonchev–Trinajstić information content (AvgIpc) is 2.87. The van der Waals surface area contributed by atoms with E-state index in [1.165, 1.54) is 25.3 Å². The first-order valence-corrected chi connectivity index (χ1v) is 12.9. The van der Waals surface area contributed by atoms with Gasteiger partial charge in [-0.2, -0.15) is 0 Å². The lowest BCUT2D eigenvalue weighted by Gasteiger charge is -2.34. The van der Waals surface area contributed by atoms with Crippen molar-refractivity contribution in [3.63, 3.8) is 0 Å². The highest BCUT2D eigenvalue weighted by Crippen LogP contribution is 2.23. The Bertz CT molecular complexity index is 918. The maximum absolute atomic E-state index is 13.3. The van der Waals surface area contributed by atoms with Gasteiger partial charge in [-0.15, -0.1) is 0 Å². The van der Waals surface area contributed by atoms with Crippen molar-refractivity contribution < 1.29 is 19.4 Å². The Morgan fingerprint density at radius 1 is 0.943 bits per heavy atom. The van der Waals surface area contributed by atoms with Crippen molar-refractivity contribution in [2.45, 2.75) is 64.0 Å². The Balaban J connectivity index is 1.39. The summed E-state index contributed by atoms with van der Waals surface area (Å²) in [7, 11) is 0. The standard InChI is InChI=1S/C28H40FN3O3/c29-25-6-4-5-22(20-25)11-14-30-16-13-28(35)32(26-7-2-1-3-8-26)18-17-31-15-12-23-9-10-27(34)24(19-23)21-33/h4-6,9-10,19-20,26,30-31,33-34H,1-3,7-8,11-18,21H2. The third-order valence-electron chi connectivity index (χ3n) is 6.77. The second kappa shape index (κ2) is 14.8. The van der Waals surface area contributed by atoms with Crippen LogP contribution in [0.2, 0.25) is 0 Å². The summed E-state index contributed by atoms with van der Waals surface area (Å²) in [6.45, 7) is 3.37. The molecule has 0 spiro atoms. The number of nitrogens with one attached hydrogen (secondary N) is 2. The number of rotatable bonds is 14. The first-order chi connectivity index (χ1) is 17.1. The van der Waals surface area contributed by atoms with Crippen molar-refractivity contribution in [3.8, 4) is 5.75 Å². The van der Waals surface area contributed by atoms with Crippen LogP contribution >= 0.6 is 0 Å². The second-order valence-electron chi connectivity index (χ2n) is 9.38. The molecule has 0 saturated heterocycles. The van der Waals surface area contributed by atoms with Gasteiger partial charge in [-0.3, -0.25) is 4.79 Å². The molecule has 6 nitrogen and oxygen atoms in total.